The molecule has 0 bridgehead atoms. The highest BCUT2D eigenvalue weighted by molar-refractivity contribution is 5.40. The van der Waals surface area contributed by atoms with Crippen molar-refractivity contribution in [3.05, 3.63) is 29.6 Å². The summed E-state index contributed by atoms with van der Waals surface area (Å²) in [7, 11) is 1.94. The minimum Gasteiger partial charge on any atom is -0.399 e. The second-order valence-corrected chi connectivity index (χ2v) is 4.51. The van der Waals surface area contributed by atoms with Crippen LogP contribution in [-0.2, 0) is 11.3 Å². The summed E-state index contributed by atoms with van der Waals surface area (Å²) in [4.78, 5) is 2.02. The van der Waals surface area contributed by atoms with Gasteiger partial charge >= 0.3 is 0 Å². The van der Waals surface area contributed by atoms with Crippen molar-refractivity contribution < 1.29 is 9.13 Å². The summed E-state index contributed by atoms with van der Waals surface area (Å²) in [5.41, 5.74) is 6.61. The molecule has 0 aliphatic heterocycles. The molecule has 3 nitrogen and oxygen atoms in total. The SMILES string of the molecule is CC(C)OCCN(C)Cc1ccc(N)cc1F. The first-order chi connectivity index (χ1) is 7.99. The molecule has 0 amide bonds. The molecule has 0 fully saturated rings. The molecule has 1 aromatic carbocycles. The molecule has 0 saturated carbocycles. The fourth-order valence-corrected chi connectivity index (χ4v) is 1.51. The molecule has 4 heteroatoms. The molecule has 1 rings (SSSR count). The van der Waals surface area contributed by atoms with Gasteiger partial charge in [-0.2, -0.15) is 0 Å². The number of ether oxygens (including phenoxy) is 1. The fourth-order valence-electron chi connectivity index (χ4n) is 1.51. The standard InChI is InChI=1S/C13H21FN2O/c1-10(2)17-7-6-16(3)9-11-4-5-12(15)8-13(11)14/h4-5,8,10H,6-7,9,15H2,1-3H3. The first-order valence-corrected chi connectivity index (χ1v) is 5.83. The topological polar surface area (TPSA) is 38.5 Å². The highest BCUT2D eigenvalue weighted by Gasteiger charge is 2.06. The quantitative estimate of drug-likeness (QED) is 0.775. The molecule has 0 aromatic heterocycles. The Hall–Kier alpha value is -1.13. The summed E-state index contributed by atoms with van der Waals surface area (Å²) in [5, 5.41) is 0. The number of nitrogens with zero attached hydrogens (tertiary/aromatic N) is 1. The third-order valence-corrected chi connectivity index (χ3v) is 2.44. The molecule has 0 radical (unpaired) electrons. The number of nitrogens with two attached hydrogens (primary N) is 1. The maximum Gasteiger partial charge on any atom is 0.129 e. The summed E-state index contributed by atoms with van der Waals surface area (Å²) in [5.74, 6) is -0.248. The number of nitrogen functional groups attached to an aromatic ring is 1. The normalized spacial score (nSPS) is 11.4. The van der Waals surface area contributed by atoms with Crippen molar-refractivity contribution >= 4 is 5.69 Å². The Morgan fingerprint density at radius 3 is 2.71 bits per heavy atom. The smallest absolute Gasteiger partial charge is 0.129 e. The van der Waals surface area contributed by atoms with Crippen molar-refractivity contribution in [1.29, 1.82) is 0 Å². The lowest BCUT2D eigenvalue weighted by Gasteiger charge is -2.18. The van der Waals surface area contributed by atoms with Gasteiger partial charge in [0.05, 0.1) is 12.7 Å². The van der Waals surface area contributed by atoms with Gasteiger partial charge in [0.1, 0.15) is 5.82 Å². The second-order valence-electron chi connectivity index (χ2n) is 4.51. The average Bonchev–Trinajstić information content (AvgIpc) is 2.21. The first kappa shape index (κ1) is 13.9. The van der Waals surface area contributed by atoms with E-state index in [0.29, 0.717) is 24.4 Å². The zero-order valence-electron chi connectivity index (χ0n) is 10.7. The van der Waals surface area contributed by atoms with Gasteiger partial charge in [-0.25, -0.2) is 4.39 Å². The Balaban J connectivity index is 2.42. The van der Waals surface area contributed by atoms with Crippen LogP contribution in [-0.4, -0.2) is 31.2 Å². The number of rotatable bonds is 6. The number of hydrogen-bond donors (Lipinski definition) is 1. The van der Waals surface area contributed by atoms with Gasteiger partial charge in [-0.3, -0.25) is 4.90 Å². The molecule has 0 aliphatic rings. The van der Waals surface area contributed by atoms with Crippen molar-refractivity contribution in [2.75, 3.05) is 25.9 Å². The molecular weight excluding hydrogens is 219 g/mol. The van der Waals surface area contributed by atoms with Crippen LogP contribution in [0.5, 0.6) is 0 Å². The number of hydrogen-bond acceptors (Lipinski definition) is 3. The van der Waals surface area contributed by atoms with E-state index < -0.39 is 0 Å². The van der Waals surface area contributed by atoms with E-state index in [0.717, 1.165) is 6.54 Å². The molecule has 0 unspecified atom stereocenters. The van der Waals surface area contributed by atoms with E-state index in [1.165, 1.54) is 6.07 Å². The van der Waals surface area contributed by atoms with Gasteiger partial charge in [-0.1, -0.05) is 6.07 Å². The van der Waals surface area contributed by atoms with Crippen LogP contribution in [0.15, 0.2) is 18.2 Å². The Morgan fingerprint density at radius 2 is 2.12 bits per heavy atom. The zero-order valence-corrected chi connectivity index (χ0v) is 10.7. The fraction of sp³-hybridized carbons (Fsp3) is 0.538. The lowest BCUT2D eigenvalue weighted by molar-refractivity contribution is 0.0625. The highest BCUT2D eigenvalue weighted by atomic mass is 19.1. The Bertz CT molecular complexity index is 355. The minimum absolute atomic E-state index is 0.233. The second kappa shape index (κ2) is 6.57. The Kier molecular flexibility index (Phi) is 5.38. The third-order valence-electron chi connectivity index (χ3n) is 2.44. The lowest BCUT2D eigenvalue weighted by Crippen LogP contribution is -2.24. The van der Waals surface area contributed by atoms with Gasteiger partial charge in [0.15, 0.2) is 0 Å². The van der Waals surface area contributed by atoms with Crippen LogP contribution in [0.2, 0.25) is 0 Å². The lowest BCUT2D eigenvalue weighted by atomic mass is 10.2. The van der Waals surface area contributed by atoms with E-state index in [9.17, 15) is 4.39 Å². The molecule has 0 spiro atoms. The van der Waals surface area contributed by atoms with Crippen molar-refractivity contribution in [3.63, 3.8) is 0 Å². The van der Waals surface area contributed by atoms with Crippen molar-refractivity contribution in [2.24, 2.45) is 0 Å². The van der Waals surface area contributed by atoms with E-state index in [1.807, 2.05) is 25.8 Å². The Morgan fingerprint density at radius 1 is 1.41 bits per heavy atom. The predicted molar refractivity (Wildman–Crippen MR) is 68.2 cm³/mol. The van der Waals surface area contributed by atoms with E-state index in [-0.39, 0.29) is 11.9 Å². The van der Waals surface area contributed by atoms with Crippen molar-refractivity contribution in [1.82, 2.24) is 4.90 Å². The maximum atomic E-state index is 13.5. The Labute approximate surface area is 102 Å². The number of likely N-dealkylation sites (N-methyl/N-ethyl adjacent to an activating group) is 1. The summed E-state index contributed by atoms with van der Waals surface area (Å²) < 4.78 is 19.0. The van der Waals surface area contributed by atoms with E-state index in [1.54, 1.807) is 12.1 Å². The number of anilines is 1. The molecule has 0 heterocycles. The van der Waals surface area contributed by atoms with Crippen LogP contribution < -0.4 is 5.73 Å². The molecule has 96 valence electrons. The summed E-state index contributed by atoms with van der Waals surface area (Å²) in [6, 6.07) is 4.80. The van der Waals surface area contributed by atoms with Crippen molar-refractivity contribution in [3.8, 4) is 0 Å². The first-order valence-electron chi connectivity index (χ1n) is 5.83. The van der Waals surface area contributed by atoms with Gasteiger partial charge in [0, 0.05) is 24.3 Å². The minimum atomic E-state index is -0.248. The average molecular weight is 240 g/mol. The van der Waals surface area contributed by atoms with Crippen LogP contribution in [0.3, 0.4) is 0 Å². The van der Waals surface area contributed by atoms with Gasteiger partial charge in [0.2, 0.25) is 0 Å². The van der Waals surface area contributed by atoms with Crippen LogP contribution in [0.1, 0.15) is 19.4 Å². The number of benzene rings is 1. The molecule has 17 heavy (non-hydrogen) atoms. The molecule has 1 aromatic rings. The van der Waals surface area contributed by atoms with Gasteiger partial charge < -0.3 is 10.5 Å². The largest absolute Gasteiger partial charge is 0.399 e. The summed E-state index contributed by atoms with van der Waals surface area (Å²) in [6.07, 6.45) is 0.233. The maximum absolute atomic E-state index is 13.5. The number of halogens is 1. The monoisotopic (exact) mass is 240 g/mol. The molecule has 2 N–H and O–H groups in total. The summed E-state index contributed by atoms with van der Waals surface area (Å²) in [6.45, 7) is 6.00. The van der Waals surface area contributed by atoms with E-state index in [2.05, 4.69) is 0 Å². The van der Waals surface area contributed by atoms with Crippen LogP contribution in [0.25, 0.3) is 0 Å². The van der Waals surface area contributed by atoms with Gasteiger partial charge in [-0.15, -0.1) is 0 Å². The van der Waals surface area contributed by atoms with Crippen molar-refractivity contribution in [2.45, 2.75) is 26.5 Å². The van der Waals surface area contributed by atoms with E-state index >= 15 is 0 Å². The van der Waals surface area contributed by atoms with E-state index in [4.69, 9.17) is 10.5 Å². The van der Waals surface area contributed by atoms with Gasteiger partial charge in [0.25, 0.3) is 0 Å². The molecule has 0 aliphatic carbocycles. The highest BCUT2D eigenvalue weighted by Crippen LogP contribution is 2.13. The van der Waals surface area contributed by atoms with Crippen LogP contribution >= 0.6 is 0 Å². The predicted octanol–water partition coefficient (Wildman–Crippen LogP) is 2.26. The summed E-state index contributed by atoms with van der Waals surface area (Å²) >= 11 is 0. The molecule has 0 saturated heterocycles. The van der Waals surface area contributed by atoms with Crippen LogP contribution in [0, 0.1) is 5.82 Å². The third kappa shape index (κ3) is 5.15. The van der Waals surface area contributed by atoms with Gasteiger partial charge in [-0.05, 0) is 33.0 Å². The van der Waals surface area contributed by atoms with Crippen LogP contribution in [0.4, 0.5) is 10.1 Å². The molecule has 0 atom stereocenters. The zero-order chi connectivity index (χ0) is 12.8. The molecular formula is C13H21FN2O.